The van der Waals surface area contributed by atoms with Gasteiger partial charge < -0.3 is 14.6 Å². The third-order valence-corrected chi connectivity index (χ3v) is 3.14. The second-order valence-corrected chi connectivity index (χ2v) is 4.43. The number of benzene rings is 1. The maximum Gasteiger partial charge on any atom is 0.232 e. The van der Waals surface area contributed by atoms with Crippen LogP contribution in [0.3, 0.4) is 0 Å². The smallest absolute Gasteiger partial charge is 0.232 e. The highest BCUT2D eigenvalue weighted by molar-refractivity contribution is 5.28. The van der Waals surface area contributed by atoms with Gasteiger partial charge in [-0.2, -0.15) is 4.98 Å². The van der Waals surface area contributed by atoms with Gasteiger partial charge in [0.25, 0.3) is 0 Å². The summed E-state index contributed by atoms with van der Waals surface area (Å²) in [6.07, 6.45) is 0.688. The molecule has 3 rings (SSSR count). The highest BCUT2D eigenvalue weighted by atomic mass is 16.5. The van der Waals surface area contributed by atoms with Gasteiger partial charge >= 0.3 is 0 Å². The van der Waals surface area contributed by atoms with Crippen molar-refractivity contribution in [3.8, 4) is 5.75 Å². The van der Waals surface area contributed by atoms with Gasteiger partial charge in [0.1, 0.15) is 5.75 Å². The van der Waals surface area contributed by atoms with Crippen LogP contribution in [-0.4, -0.2) is 30.3 Å². The largest absolute Gasteiger partial charge is 0.497 e. The van der Waals surface area contributed by atoms with E-state index in [0.29, 0.717) is 12.3 Å². The summed E-state index contributed by atoms with van der Waals surface area (Å²) < 4.78 is 10.4. The number of hydrogen-bond acceptors (Lipinski definition) is 5. The molecule has 1 N–H and O–H groups in total. The molecule has 5 nitrogen and oxygen atoms in total. The molecule has 0 spiro atoms. The summed E-state index contributed by atoms with van der Waals surface area (Å²) in [6, 6.07) is 7.90. The summed E-state index contributed by atoms with van der Waals surface area (Å²) in [5.74, 6) is 2.73. The Balaban J connectivity index is 1.69. The predicted octanol–water partition coefficient (Wildman–Crippen LogP) is 1.36. The van der Waals surface area contributed by atoms with Crippen LogP contribution in [0.2, 0.25) is 0 Å². The van der Waals surface area contributed by atoms with E-state index >= 15 is 0 Å². The zero-order chi connectivity index (χ0) is 12.4. The minimum atomic E-state index is 0.391. The van der Waals surface area contributed by atoms with Crippen molar-refractivity contribution in [2.75, 3.05) is 20.2 Å². The quantitative estimate of drug-likeness (QED) is 0.881. The maximum atomic E-state index is 5.26. The van der Waals surface area contributed by atoms with Crippen LogP contribution < -0.4 is 10.1 Å². The minimum absolute atomic E-state index is 0.391. The molecule has 1 aromatic carbocycles. The van der Waals surface area contributed by atoms with E-state index in [9.17, 15) is 0 Å². The highest BCUT2D eigenvalue weighted by Gasteiger charge is 2.24. The lowest BCUT2D eigenvalue weighted by Gasteiger charge is -2.22. The number of ether oxygens (including phenoxy) is 1. The number of aromatic nitrogens is 2. The molecule has 5 heteroatoms. The maximum absolute atomic E-state index is 5.26. The first-order valence-corrected chi connectivity index (χ1v) is 6.01. The number of methoxy groups -OCH3 is 1. The van der Waals surface area contributed by atoms with Gasteiger partial charge in [0.15, 0.2) is 5.82 Å². The topological polar surface area (TPSA) is 60.2 Å². The Labute approximate surface area is 105 Å². The second kappa shape index (κ2) is 4.78. The van der Waals surface area contributed by atoms with E-state index in [-0.39, 0.29) is 0 Å². The average Bonchev–Trinajstić information content (AvgIpc) is 2.76. The molecule has 18 heavy (non-hydrogen) atoms. The van der Waals surface area contributed by atoms with Crippen molar-refractivity contribution in [2.45, 2.75) is 12.3 Å². The summed E-state index contributed by atoms with van der Waals surface area (Å²) in [6.45, 7) is 1.87. The number of nitrogens with one attached hydrogen (secondary N) is 1. The minimum Gasteiger partial charge on any atom is -0.497 e. The summed E-state index contributed by atoms with van der Waals surface area (Å²) >= 11 is 0. The molecule has 0 saturated carbocycles. The molecule has 1 aliphatic heterocycles. The van der Waals surface area contributed by atoms with Crippen LogP contribution >= 0.6 is 0 Å². The van der Waals surface area contributed by atoms with Gasteiger partial charge in [-0.25, -0.2) is 0 Å². The number of nitrogens with zero attached hydrogens (tertiary/aromatic N) is 2. The lowest BCUT2D eigenvalue weighted by molar-refractivity contribution is 0.306. The average molecular weight is 245 g/mol. The van der Waals surface area contributed by atoms with Gasteiger partial charge in [-0.3, -0.25) is 0 Å². The fourth-order valence-electron chi connectivity index (χ4n) is 1.89. The second-order valence-electron chi connectivity index (χ2n) is 4.43. The van der Waals surface area contributed by atoms with Crippen molar-refractivity contribution in [1.29, 1.82) is 0 Å². The lowest BCUT2D eigenvalue weighted by atomic mass is 10.0. The zero-order valence-corrected chi connectivity index (χ0v) is 10.2. The van der Waals surface area contributed by atoms with Crippen molar-refractivity contribution in [3.05, 3.63) is 41.5 Å². The van der Waals surface area contributed by atoms with Crippen molar-refractivity contribution in [2.24, 2.45) is 0 Å². The van der Waals surface area contributed by atoms with Crippen LogP contribution in [0, 0.1) is 0 Å². The number of hydrogen-bond donors (Lipinski definition) is 1. The fraction of sp³-hybridized carbons (Fsp3) is 0.385. The molecule has 1 aliphatic rings. The van der Waals surface area contributed by atoms with Crippen LogP contribution in [0.5, 0.6) is 5.75 Å². The summed E-state index contributed by atoms with van der Waals surface area (Å²) in [4.78, 5) is 4.42. The van der Waals surface area contributed by atoms with Crippen molar-refractivity contribution in [1.82, 2.24) is 15.5 Å². The van der Waals surface area contributed by atoms with Gasteiger partial charge in [-0.15, -0.1) is 0 Å². The van der Waals surface area contributed by atoms with E-state index in [4.69, 9.17) is 9.26 Å². The van der Waals surface area contributed by atoms with Gasteiger partial charge in [-0.05, 0) is 17.7 Å². The van der Waals surface area contributed by atoms with Crippen LogP contribution in [0.1, 0.15) is 23.2 Å². The van der Waals surface area contributed by atoms with E-state index in [0.717, 1.165) is 36.1 Å². The van der Waals surface area contributed by atoms with E-state index < -0.39 is 0 Å². The Bertz CT molecular complexity index is 517. The summed E-state index contributed by atoms with van der Waals surface area (Å²) in [7, 11) is 1.66. The van der Waals surface area contributed by atoms with Gasteiger partial charge in [0, 0.05) is 19.5 Å². The molecular weight excluding hydrogens is 230 g/mol. The standard InChI is InChI=1S/C13H15N3O2/c1-17-11-4-2-9(3-5-11)6-12-15-13(18-16-12)10-7-14-8-10/h2-5,10,14H,6-8H2,1H3. The molecule has 0 radical (unpaired) electrons. The van der Waals surface area contributed by atoms with Crippen LogP contribution in [0.15, 0.2) is 28.8 Å². The monoisotopic (exact) mass is 245 g/mol. The predicted molar refractivity (Wildman–Crippen MR) is 65.7 cm³/mol. The molecular formula is C13H15N3O2. The lowest BCUT2D eigenvalue weighted by Crippen LogP contribution is -2.40. The first-order valence-electron chi connectivity index (χ1n) is 6.01. The van der Waals surface area contributed by atoms with Gasteiger partial charge in [0.05, 0.1) is 13.0 Å². The molecule has 2 heterocycles. The number of rotatable bonds is 4. The molecule has 0 amide bonds. The molecule has 0 bridgehead atoms. The molecule has 1 aromatic heterocycles. The Kier molecular flexibility index (Phi) is 2.98. The molecule has 0 aliphatic carbocycles. The zero-order valence-electron chi connectivity index (χ0n) is 10.2. The van der Waals surface area contributed by atoms with Crippen LogP contribution in [0.4, 0.5) is 0 Å². The molecule has 1 fully saturated rings. The summed E-state index contributed by atoms with van der Waals surface area (Å²) in [5.41, 5.74) is 1.15. The highest BCUT2D eigenvalue weighted by Crippen LogP contribution is 2.19. The SMILES string of the molecule is COc1ccc(Cc2noc(C3CNC3)n2)cc1. The van der Waals surface area contributed by atoms with Crippen molar-refractivity contribution in [3.63, 3.8) is 0 Å². The summed E-state index contributed by atoms with van der Waals surface area (Å²) in [5, 5.41) is 7.20. The third kappa shape index (κ3) is 2.22. The van der Waals surface area contributed by atoms with Gasteiger partial charge in [-0.1, -0.05) is 17.3 Å². The normalized spacial score (nSPS) is 15.4. The molecule has 1 saturated heterocycles. The van der Waals surface area contributed by atoms with Crippen molar-refractivity contribution >= 4 is 0 Å². The molecule has 2 aromatic rings. The van der Waals surface area contributed by atoms with Gasteiger partial charge in [0.2, 0.25) is 5.89 Å². The van der Waals surface area contributed by atoms with Crippen LogP contribution in [-0.2, 0) is 6.42 Å². The van der Waals surface area contributed by atoms with Crippen molar-refractivity contribution < 1.29 is 9.26 Å². The Morgan fingerprint density at radius 2 is 2.11 bits per heavy atom. The molecule has 0 unspecified atom stereocenters. The molecule has 0 atom stereocenters. The van der Waals surface area contributed by atoms with E-state index in [2.05, 4.69) is 15.5 Å². The first kappa shape index (κ1) is 11.2. The molecule has 94 valence electrons. The van der Waals surface area contributed by atoms with E-state index in [1.807, 2.05) is 24.3 Å². The Morgan fingerprint density at radius 3 is 2.72 bits per heavy atom. The van der Waals surface area contributed by atoms with E-state index in [1.54, 1.807) is 7.11 Å². The third-order valence-electron chi connectivity index (χ3n) is 3.14. The van der Waals surface area contributed by atoms with E-state index in [1.165, 1.54) is 0 Å². The first-order chi connectivity index (χ1) is 8.85. The fourth-order valence-corrected chi connectivity index (χ4v) is 1.89. The Morgan fingerprint density at radius 1 is 1.33 bits per heavy atom. The van der Waals surface area contributed by atoms with Crippen LogP contribution in [0.25, 0.3) is 0 Å². The Hall–Kier alpha value is -1.88.